The standard InChI is InChI=1S/C14H13F2N/c15-14(16)13(17)12-8-6-11(7-9-12)10-4-2-1-3-5-10/h1-9,13-14H,17H2. The quantitative estimate of drug-likeness (QED) is 0.860. The molecule has 0 saturated heterocycles. The first-order valence-corrected chi connectivity index (χ1v) is 5.37. The van der Waals surface area contributed by atoms with Gasteiger partial charge in [0.2, 0.25) is 0 Å². The van der Waals surface area contributed by atoms with Crippen molar-refractivity contribution in [1.82, 2.24) is 0 Å². The highest BCUT2D eigenvalue weighted by molar-refractivity contribution is 5.63. The molecule has 0 aliphatic carbocycles. The van der Waals surface area contributed by atoms with Crippen LogP contribution in [-0.4, -0.2) is 6.43 Å². The third kappa shape index (κ3) is 2.68. The summed E-state index contributed by atoms with van der Waals surface area (Å²) >= 11 is 0. The zero-order chi connectivity index (χ0) is 12.3. The number of hydrogen-bond donors (Lipinski definition) is 1. The molecule has 3 heteroatoms. The fourth-order valence-electron chi connectivity index (χ4n) is 1.67. The number of nitrogens with two attached hydrogens (primary N) is 1. The highest BCUT2D eigenvalue weighted by Gasteiger charge is 2.16. The molecule has 2 rings (SSSR count). The third-order valence-electron chi connectivity index (χ3n) is 2.67. The van der Waals surface area contributed by atoms with E-state index >= 15 is 0 Å². The largest absolute Gasteiger partial charge is 0.319 e. The summed E-state index contributed by atoms with van der Waals surface area (Å²) in [4.78, 5) is 0. The van der Waals surface area contributed by atoms with Gasteiger partial charge in [0.1, 0.15) is 0 Å². The van der Waals surface area contributed by atoms with Crippen LogP contribution in [0.3, 0.4) is 0 Å². The Morgan fingerprint density at radius 2 is 1.29 bits per heavy atom. The van der Waals surface area contributed by atoms with Crippen molar-refractivity contribution in [2.45, 2.75) is 12.5 Å². The van der Waals surface area contributed by atoms with Crippen LogP contribution in [0, 0.1) is 0 Å². The van der Waals surface area contributed by atoms with Gasteiger partial charge < -0.3 is 5.73 Å². The lowest BCUT2D eigenvalue weighted by atomic mass is 10.0. The van der Waals surface area contributed by atoms with Crippen LogP contribution in [0.25, 0.3) is 11.1 Å². The molecule has 0 saturated carbocycles. The van der Waals surface area contributed by atoms with Crippen LogP contribution in [0.5, 0.6) is 0 Å². The van der Waals surface area contributed by atoms with Gasteiger partial charge in [0.15, 0.2) is 0 Å². The van der Waals surface area contributed by atoms with Gasteiger partial charge >= 0.3 is 0 Å². The lowest BCUT2D eigenvalue weighted by molar-refractivity contribution is 0.116. The second-order valence-corrected chi connectivity index (χ2v) is 3.85. The van der Waals surface area contributed by atoms with Crippen LogP contribution >= 0.6 is 0 Å². The molecule has 88 valence electrons. The predicted molar refractivity (Wildman–Crippen MR) is 64.8 cm³/mol. The number of halogens is 2. The molecule has 0 fully saturated rings. The zero-order valence-electron chi connectivity index (χ0n) is 9.18. The molecular formula is C14H13F2N. The maximum atomic E-state index is 12.4. The SMILES string of the molecule is NC(c1ccc(-c2ccccc2)cc1)C(F)F. The Labute approximate surface area is 98.9 Å². The van der Waals surface area contributed by atoms with E-state index in [0.717, 1.165) is 11.1 Å². The Morgan fingerprint density at radius 1 is 0.765 bits per heavy atom. The molecule has 17 heavy (non-hydrogen) atoms. The maximum absolute atomic E-state index is 12.4. The number of hydrogen-bond acceptors (Lipinski definition) is 1. The lowest BCUT2D eigenvalue weighted by Gasteiger charge is -2.11. The summed E-state index contributed by atoms with van der Waals surface area (Å²) in [6, 6.07) is 15.5. The summed E-state index contributed by atoms with van der Waals surface area (Å²) in [5.74, 6) is 0. The predicted octanol–water partition coefficient (Wildman–Crippen LogP) is 3.62. The van der Waals surface area contributed by atoms with E-state index in [1.165, 1.54) is 0 Å². The number of rotatable bonds is 3. The summed E-state index contributed by atoms with van der Waals surface area (Å²) in [7, 11) is 0. The van der Waals surface area contributed by atoms with Gasteiger partial charge in [-0.25, -0.2) is 8.78 Å². The summed E-state index contributed by atoms with van der Waals surface area (Å²) < 4.78 is 24.8. The van der Waals surface area contributed by atoms with Crippen LogP contribution in [0.15, 0.2) is 54.6 Å². The molecule has 2 N–H and O–H groups in total. The molecule has 0 amide bonds. The van der Waals surface area contributed by atoms with Crippen molar-refractivity contribution in [2.75, 3.05) is 0 Å². The van der Waals surface area contributed by atoms with E-state index in [1.807, 2.05) is 42.5 Å². The smallest absolute Gasteiger partial charge is 0.257 e. The minimum atomic E-state index is -2.53. The van der Waals surface area contributed by atoms with Crippen LogP contribution in [-0.2, 0) is 0 Å². The van der Waals surface area contributed by atoms with Crippen LogP contribution in [0.4, 0.5) is 8.78 Å². The second kappa shape index (κ2) is 5.06. The van der Waals surface area contributed by atoms with E-state index < -0.39 is 12.5 Å². The Balaban J connectivity index is 2.25. The number of benzene rings is 2. The molecule has 0 radical (unpaired) electrons. The first-order valence-electron chi connectivity index (χ1n) is 5.37. The molecule has 0 heterocycles. The van der Waals surface area contributed by atoms with Crippen molar-refractivity contribution in [3.8, 4) is 11.1 Å². The number of alkyl halides is 2. The van der Waals surface area contributed by atoms with E-state index in [-0.39, 0.29) is 0 Å². The third-order valence-corrected chi connectivity index (χ3v) is 2.67. The van der Waals surface area contributed by atoms with Gasteiger partial charge in [-0.3, -0.25) is 0 Å². The van der Waals surface area contributed by atoms with Crippen LogP contribution < -0.4 is 5.73 Å². The maximum Gasteiger partial charge on any atom is 0.257 e. The molecule has 0 bridgehead atoms. The average molecular weight is 233 g/mol. The van der Waals surface area contributed by atoms with Crippen molar-refractivity contribution < 1.29 is 8.78 Å². The fraction of sp³-hybridized carbons (Fsp3) is 0.143. The Kier molecular flexibility index (Phi) is 3.49. The highest BCUT2D eigenvalue weighted by atomic mass is 19.3. The summed E-state index contributed by atoms with van der Waals surface area (Å²) in [6.07, 6.45) is -2.53. The molecule has 1 nitrogen and oxygen atoms in total. The van der Waals surface area contributed by atoms with Crippen molar-refractivity contribution in [3.63, 3.8) is 0 Å². The summed E-state index contributed by atoms with van der Waals surface area (Å²) in [6.45, 7) is 0. The monoisotopic (exact) mass is 233 g/mol. The molecule has 0 aliphatic rings. The first kappa shape index (κ1) is 11.7. The van der Waals surface area contributed by atoms with Gasteiger partial charge in [-0.1, -0.05) is 54.6 Å². The minimum Gasteiger partial charge on any atom is -0.319 e. The van der Waals surface area contributed by atoms with Crippen LogP contribution in [0.2, 0.25) is 0 Å². The molecule has 0 aromatic heterocycles. The fourth-order valence-corrected chi connectivity index (χ4v) is 1.67. The molecule has 0 spiro atoms. The van der Waals surface area contributed by atoms with Gasteiger partial charge in [0.05, 0.1) is 6.04 Å². The first-order chi connectivity index (χ1) is 8.18. The summed E-state index contributed by atoms with van der Waals surface area (Å²) in [5.41, 5.74) is 7.89. The molecular weight excluding hydrogens is 220 g/mol. The molecule has 1 atom stereocenters. The van der Waals surface area contributed by atoms with Crippen molar-refractivity contribution in [1.29, 1.82) is 0 Å². The molecule has 2 aromatic rings. The lowest BCUT2D eigenvalue weighted by Crippen LogP contribution is -2.18. The normalized spacial score (nSPS) is 12.7. The molecule has 1 unspecified atom stereocenters. The van der Waals surface area contributed by atoms with Gasteiger partial charge in [0, 0.05) is 0 Å². The average Bonchev–Trinajstić information content (AvgIpc) is 2.39. The van der Waals surface area contributed by atoms with Gasteiger partial charge in [0.25, 0.3) is 6.43 Å². The topological polar surface area (TPSA) is 26.0 Å². The summed E-state index contributed by atoms with van der Waals surface area (Å²) in [5, 5.41) is 0. The van der Waals surface area contributed by atoms with E-state index in [0.29, 0.717) is 5.56 Å². The van der Waals surface area contributed by atoms with E-state index in [4.69, 9.17) is 5.73 Å². The Hall–Kier alpha value is -1.74. The van der Waals surface area contributed by atoms with E-state index in [2.05, 4.69) is 0 Å². The van der Waals surface area contributed by atoms with Gasteiger partial charge in [-0.05, 0) is 16.7 Å². The minimum absolute atomic E-state index is 0.458. The van der Waals surface area contributed by atoms with E-state index in [1.54, 1.807) is 12.1 Å². The Morgan fingerprint density at radius 3 is 1.82 bits per heavy atom. The van der Waals surface area contributed by atoms with Crippen molar-refractivity contribution in [3.05, 3.63) is 60.2 Å². The second-order valence-electron chi connectivity index (χ2n) is 3.85. The Bertz CT molecular complexity index is 465. The zero-order valence-corrected chi connectivity index (χ0v) is 9.18. The van der Waals surface area contributed by atoms with Gasteiger partial charge in [-0.2, -0.15) is 0 Å². The molecule has 2 aromatic carbocycles. The van der Waals surface area contributed by atoms with Gasteiger partial charge in [-0.15, -0.1) is 0 Å². The van der Waals surface area contributed by atoms with E-state index in [9.17, 15) is 8.78 Å². The van der Waals surface area contributed by atoms with Crippen molar-refractivity contribution in [2.24, 2.45) is 5.73 Å². The highest BCUT2D eigenvalue weighted by Crippen LogP contribution is 2.23. The van der Waals surface area contributed by atoms with Crippen molar-refractivity contribution >= 4 is 0 Å². The molecule has 0 aliphatic heterocycles. The van der Waals surface area contributed by atoms with Crippen LogP contribution in [0.1, 0.15) is 11.6 Å².